The molecule has 4 rings (SSSR count). The van der Waals surface area contributed by atoms with E-state index in [0.29, 0.717) is 5.56 Å². The molecule has 0 saturated carbocycles. The Morgan fingerprint density at radius 3 is 3.08 bits per heavy atom. The Balaban J connectivity index is 1.44. The van der Waals surface area contributed by atoms with Gasteiger partial charge in [0.25, 0.3) is 5.91 Å². The van der Waals surface area contributed by atoms with E-state index in [4.69, 9.17) is 0 Å². The van der Waals surface area contributed by atoms with Crippen LogP contribution in [0.5, 0.6) is 0 Å². The van der Waals surface area contributed by atoms with Crippen LogP contribution in [0.4, 0.5) is 0 Å². The molecule has 1 fully saturated rings. The maximum Gasteiger partial charge on any atom is 0.257 e. The molecule has 1 saturated heterocycles. The van der Waals surface area contributed by atoms with Gasteiger partial charge in [-0.2, -0.15) is 0 Å². The van der Waals surface area contributed by atoms with Crippen LogP contribution in [-0.4, -0.2) is 56.8 Å². The second-order valence-corrected chi connectivity index (χ2v) is 7.44. The number of aromatic amines is 1. The SMILES string of the molecule is Cc1nc(CN2CCCN(C(=O)c3c[nH]c4cccnc34)CC2)cs1. The lowest BCUT2D eigenvalue weighted by atomic mass is 10.2. The van der Waals surface area contributed by atoms with Crippen molar-refractivity contribution in [1.29, 1.82) is 0 Å². The minimum Gasteiger partial charge on any atom is -0.359 e. The van der Waals surface area contributed by atoms with E-state index in [-0.39, 0.29) is 5.91 Å². The number of hydrogen-bond donors (Lipinski definition) is 1. The van der Waals surface area contributed by atoms with E-state index in [1.165, 1.54) is 0 Å². The Bertz CT molecular complexity index is 886. The molecule has 4 heterocycles. The minimum absolute atomic E-state index is 0.0660. The Morgan fingerprint density at radius 1 is 1.32 bits per heavy atom. The van der Waals surface area contributed by atoms with E-state index < -0.39 is 0 Å². The molecular weight excluding hydrogens is 334 g/mol. The lowest BCUT2D eigenvalue weighted by Gasteiger charge is -2.21. The predicted molar refractivity (Wildman–Crippen MR) is 98.7 cm³/mol. The van der Waals surface area contributed by atoms with Crippen molar-refractivity contribution in [3.8, 4) is 0 Å². The molecule has 1 N–H and O–H groups in total. The zero-order valence-corrected chi connectivity index (χ0v) is 15.1. The number of hydrogen-bond acceptors (Lipinski definition) is 5. The number of pyridine rings is 1. The number of amides is 1. The van der Waals surface area contributed by atoms with E-state index in [1.54, 1.807) is 23.7 Å². The fourth-order valence-corrected chi connectivity index (χ4v) is 3.93. The molecule has 0 atom stereocenters. The van der Waals surface area contributed by atoms with Gasteiger partial charge in [-0.1, -0.05) is 0 Å². The van der Waals surface area contributed by atoms with Gasteiger partial charge in [0, 0.05) is 50.5 Å². The van der Waals surface area contributed by atoms with Crippen LogP contribution in [-0.2, 0) is 6.54 Å². The number of aromatic nitrogens is 3. The van der Waals surface area contributed by atoms with Gasteiger partial charge in [-0.15, -0.1) is 11.3 Å². The summed E-state index contributed by atoms with van der Waals surface area (Å²) in [6, 6.07) is 3.82. The molecule has 0 bridgehead atoms. The van der Waals surface area contributed by atoms with Crippen molar-refractivity contribution in [3.63, 3.8) is 0 Å². The highest BCUT2D eigenvalue weighted by Crippen LogP contribution is 2.18. The van der Waals surface area contributed by atoms with Crippen molar-refractivity contribution < 1.29 is 4.79 Å². The summed E-state index contributed by atoms with van der Waals surface area (Å²) in [5.74, 6) is 0.0660. The third-order valence-electron chi connectivity index (χ3n) is 4.59. The maximum atomic E-state index is 12.9. The molecule has 1 aliphatic rings. The van der Waals surface area contributed by atoms with Crippen molar-refractivity contribution in [3.05, 3.63) is 46.2 Å². The summed E-state index contributed by atoms with van der Waals surface area (Å²) in [4.78, 5) is 29.3. The summed E-state index contributed by atoms with van der Waals surface area (Å²) in [6.45, 7) is 6.28. The van der Waals surface area contributed by atoms with E-state index in [2.05, 4.69) is 25.2 Å². The number of thiazole rings is 1. The van der Waals surface area contributed by atoms with Crippen molar-refractivity contribution in [1.82, 2.24) is 24.8 Å². The highest BCUT2D eigenvalue weighted by Gasteiger charge is 2.23. The monoisotopic (exact) mass is 355 g/mol. The summed E-state index contributed by atoms with van der Waals surface area (Å²) < 4.78 is 0. The first-order chi connectivity index (χ1) is 12.2. The summed E-state index contributed by atoms with van der Waals surface area (Å²) in [5, 5.41) is 3.23. The Hall–Kier alpha value is -2.25. The first-order valence-electron chi connectivity index (χ1n) is 8.55. The van der Waals surface area contributed by atoms with Gasteiger partial charge in [-0.25, -0.2) is 4.98 Å². The Kier molecular flexibility index (Phi) is 4.50. The van der Waals surface area contributed by atoms with E-state index in [9.17, 15) is 4.79 Å². The molecule has 3 aromatic rings. The third-order valence-corrected chi connectivity index (χ3v) is 5.42. The number of nitrogens with zero attached hydrogens (tertiary/aromatic N) is 4. The zero-order chi connectivity index (χ0) is 17.2. The van der Waals surface area contributed by atoms with Gasteiger partial charge in [0.1, 0.15) is 5.52 Å². The van der Waals surface area contributed by atoms with Crippen LogP contribution in [0.25, 0.3) is 11.0 Å². The van der Waals surface area contributed by atoms with Crippen LogP contribution in [0.1, 0.15) is 27.5 Å². The van der Waals surface area contributed by atoms with Crippen LogP contribution in [0, 0.1) is 6.92 Å². The van der Waals surface area contributed by atoms with Crippen molar-refractivity contribution in [2.45, 2.75) is 19.9 Å². The van der Waals surface area contributed by atoms with Crippen LogP contribution in [0.2, 0.25) is 0 Å². The molecule has 0 aromatic carbocycles. The van der Waals surface area contributed by atoms with Crippen LogP contribution in [0.3, 0.4) is 0 Å². The summed E-state index contributed by atoms with van der Waals surface area (Å²) in [6.07, 6.45) is 4.48. The number of rotatable bonds is 3. The first kappa shape index (κ1) is 16.2. The number of carbonyl (C=O) groups is 1. The molecule has 3 aromatic heterocycles. The standard InChI is InChI=1S/C18H21N5OS/c1-13-21-14(12-25-13)11-22-6-3-7-23(9-8-22)18(24)15-10-20-16-4-2-5-19-17(15)16/h2,4-5,10,12,20H,3,6-9,11H2,1H3. The average Bonchev–Trinajstić information content (AvgIpc) is 3.15. The number of nitrogens with one attached hydrogen (secondary N) is 1. The minimum atomic E-state index is 0.0660. The summed E-state index contributed by atoms with van der Waals surface area (Å²) in [7, 11) is 0. The molecule has 0 spiro atoms. The van der Waals surface area contributed by atoms with Crippen LogP contribution in [0.15, 0.2) is 29.9 Å². The molecular formula is C18H21N5OS. The molecule has 1 aliphatic heterocycles. The molecule has 6 nitrogen and oxygen atoms in total. The van der Waals surface area contributed by atoms with E-state index >= 15 is 0 Å². The largest absolute Gasteiger partial charge is 0.359 e. The van der Waals surface area contributed by atoms with Crippen LogP contribution < -0.4 is 0 Å². The van der Waals surface area contributed by atoms with Gasteiger partial charge in [-0.05, 0) is 25.5 Å². The van der Waals surface area contributed by atoms with Crippen molar-refractivity contribution in [2.24, 2.45) is 0 Å². The highest BCUT2D eigenvalue weighted by atomic mass is 32.1. The number of carbonyl (C=O) groups excluding carboxylic acids is 1. The molecule has 0 aliphatic carbocycles. The molecule has 0 radical (unpaired) electrons. The second kappa shape index (κ2) is 6.93. The number of aryl methyl sites for hydroxylation is 1. The third kappa shape index (κ3) is 3.43. The molecule has 1 amide bonds. The summed E-state index contributed by atoms with van der Waals surface area (Å²) in [5.41, 5.74) is 3.45. The Labute approximate surface area is 150 Å². The highest BCUT2D eigenvalue weighted by molar-refractivity contribution is 7.09. The molecule has 0 unspecified atom stereocenters. The number of fused-ring (bicyclic) bond motifs is 1. The lowest BCUT2D eigenvalue weighted by molar-refractivity contribution is 0.0763. The normalized spacial score (nSPS) is 16.3. The fraction of sp³-hybridized carbons (Fsp3) is 0.389. The van der Waals surface area contributed by atoms with Gasteiger partial charge in [0.05, 0.1) is 21.8 Å². The second-order valence-electron chi connectivity index (χ2n) is 6.38. The lowest BCUT2D eigenvalue weighted by Crippen LogP contribution is -2.35. The fourth-order valence-electron chi connectivity index (χ4n) is 3.33. The van der Waals surface area contributed by atoms with Gasteiger partial charge in [0.2, 0.25) is 0 Å². The molecule has 25 heavy (non-hydrogen) atoms. The van der Waals surface area contributed by atoms with Gasteiger partial charge >= 0.3 is 0 Å². The first-order valence-corrected chi connectivity index (χ1v) is 9.43. The predicted octanol–water partition coefficient (Wildman–Crippen LogP) is 2.68. The van der Waals surface area contributed by atoms with Crippen molar-refractivity contribution >= 4 is 28.3 Å². The van der Waals surface area contributed by atoms with Crippen molar-refractivity contribution in [2.75, 3.05) is 26.2 Å². The van der Waals surface area contributed by atoms with E-state index in [1.807, 2.05) is 24.0 Å². The molecule has 7 heteroatoms. The van der Waals surface area contributed by atoms with Gasteiger partial charge in [0.15, 0.2) is 0 Å². The number of H-pyrrole nitrogens is 1. The smallest absolute Gasteiger partial charge is 0.257 e. The summed E-state index contributed by atoms with van der Waals surface area (Å²) >= 11 is 1.69. The van der Waals surface area contributed by atoms with Crippen LogP contribution >= 0.6 is 11.3 Å². The zero-order valence-electron chi connectivity index (χ0n) is 14.2. The average molecular weight is 355 g/mol. The topological polar surface area (TPSA) is 65.1 Å². The van der Waals surface area contributed by atoms with E-state index in [0.717, 1.165) is 60.9 Å². The maximum absolute atomic E-state index is 12.9. The Morgan fingerprint density at radius 2 is 2.24 bits per heavy atom. The molecule has 130 valence electrons. The quantitative estimate of drug-likeness (QED) is 0.784. The van der Waals surface area contributed by atoms with Gasteiger partial charge < -0.3 is 9.88 Å². The van der Waals surface area contributed by atoms with Gasteiger partial charge in [-0.3, -0.25) is 14.7 Å².